The average Bonchev–Trinajstić information content (AvgIpc) is 3.56. The summed E-state index contributed by atoms with van der Waals surface area (Å²) in [4.78, 5) is 18.2. The van der Waals surface area contributed by atoms with Crippen LogP contribution in [0.25, 0.3) is 22.0 Å². The third kappa shape index (κ3) is 8.44. The molecule has 2 spiro atoms. The van der Waals surface area contributed by atoms with Gasteiger partial charge in [0, 0.05) is 74.0 Å². The van der Waals surface area contributed by atoms with E-state index < -0.39 is 5.60 Å². The fourth-order valence-electron chi connectivity index (χ4n) is 8.27. The Bertz CT molecular complexity index is 1660. The number of amides is 1. The molecular formula is C38H62ClIN7O3P. The van der Waals surface area contributed by atoms with E-state index in [1.165, 1.54) is 6.42 Å². The molecule has 2 saturated carbocycles. The highest BCUT2D eigenvalue weighted by Gasteiger charge is 2.54. The molecule has 1 aromatic carbocycles. The highest BCUT2D eigenvalue weighted by Crippen LogP contribution is 2.56. The van der Waals surface area contributed by atoms with Gasteiger partial charge in [-0.2, -0.15) is 10.2 Å². The molecule has 286 valence electrons. The SMILES string of the molecule is C.CC.COC(C)(C)C.Cc1cc2c(cnn2PI)c(-c2c(N3CCN(CC(C)(C)O)CC34CCC4)nn(C3CC4(C3)CN(C=O)C4)c2C)c1Cl. The van der Waals surface area contributed by atoms with E-state index in [1.807, 2.05) is 59.6 Å². The van der Waals surface area contributed by atoms with Crippen molar-refractivity contribution in [3.8, 4) is 11.1 Å². The lowest BCUT2D eigenvalue weighted by Gasteiger charge is -2.58. The van der Waals surface area contributed by atoms with Crippen LogP contribution in [0, 0.1) is 19.3 Å². The molecule has 2 aromatic heterocycles. The molecule has 51 heavy (non-hydrogen) atoms. The Morgan fingerprint density at radius 1 is 1.10 bits per heavy atom. The second-order valence-corrected chi connectivity index (χ2v) is 18.7. The maximum absolute atomic E-state index is 11.3. The molecule has 3 aromatic rings. The summed E-state index contributed by atoms with van der Waals surface area (Å²) in [6, 6.07) is 2.48. The Hall–Kier alpha value is -1.50. The molecule has 1 atom stereocenters. The van der Waals surface area contributed by atoms with Crippen LogP contribution >= 0.6 is 40.0 Å². The molecule has 2 saturated heterocycles. The first-order valence-corrected chi connectivity index (χ1v) is 22.6. The predicted molar refractivity (Wildman–Crippen MR) is 223 cm³/mol. The van der Waals surface area contributed by atoms with Crippen LogP contribution in [0.15, 0.2) is 12.3 Å². The second-order valence-electron chi connectivity index (χ2n) is 16.3. The molecule has 2 aliphatic heterocycles. The van der Waals surface area contributed by atoms with Crippen LogP contribution in [0.4, 0.5) is 5.82 Å². The van der Waals surface area contributed by atoms with Gasteiger partial charge in [0.05, 0.1) is 45.9 Å². The third-order valence-corrected chi connectivity index (χ3v) is 13.2. The fourth-order valence-corrected chi connectivity index (χ4v) is 10.1. The number of carbonyl (C=O) groups is 1. The van der Waals surface area contributed by atoms with E-state index in [0.29, 0.717) is 19.0 Å². The molecular weight excluding hydrogens is 796 g/mol. The van der Waals surface area contributed by atoms with Crippen LogP contribution in [-0.2, 0) is 9.53 Å². The number of nitrogens with zero attached hydrogens (tertiary/aromatic N) is 7. The standard InChI is InChI=1S/C30H40ClIN7O2P.C5H12O.C2H6.CH4/c1-19-10-23-22(13-33-39(23)42-32)25(26(19)31)24-20(2)38(21-11-29(12-21)15-36(16-29)18-40)34-27(24)37-9-8-35(14-28(3,4)41)17-30(37)6-5-7-30;1-5(2,3)6-4;1-2;/h10,13,18,21,41-42H,5-9,11-12,14-17H2,1-4H3;1-4H3;1-2H3;1H4. The number of aliphatic hydroxyl groups is 1. The van der Waals surface area contributed by atoms with Crippen LogP contribution in [0.1, 0.15) is 105 Å². The lowest BCUT2D eigenvalue weighted by Crippen LogP contribution is -2.67. The highest BCUT2D eigenvalue weighted by atomic mass is 127. The quantitative estimate of drug-likeness (QED) is 0.145. The number of anilines is 1. The summed E-state index contributed by atoms with van der Waals surface area (Å²) in [6.07, 6.45) is 9.01. The van der Waals surface area contributed by atoms with Crippen molar-refractivity contribution in [2.45, 2.75) is 125 Å². The summed E-state index contributed by atoms with van der Waals surface area (Å²) in [5, 5.41) is 22.7. The number of benzene rings is 1. The predicted octanol–water partition coefficient (Wildman–Crippen LogP) is 8.66. The van der Waals surface area contributed by atoms with Gasteiger partial charge in [-0.05, 0) is 114 Å². The smallest absolute Gasteiger partial charge is 0.209 e. The fraction of sp³-hybridized carbons (Fsp3) is 0.711. The molecule has 4 aliphatic rings. The molecule has 2 aliphatic carbocycles. The van der Waals surface area contributed by atoms with Gasteiger partial charge in [0.15, 0.2) is 5.82 Å². The van der Waals surface area contributed by atoms with E-state index in [4.69, 9.17) is 26.5 Å². The Kier molecular flexibility index (Phi) is 13.3. The van der Waals surface area contributed by atoms with E-state index in [2.05, 4.69) is 60.9 Å². The van der Waals surface area contributed by atoms with Crippen molar-refractivity contribution >= 4 is 63.1 Å². The molecule has 1 N–H and O–H groups in total. The number of ether oxygens (including phenoxy) is 1. The molecule has 0 radical (unpaired) electrons. The summed E-state index contributed by atoms with van der Waals surface area (Å²) < 4.78 is 9.28. The number of fused-ring (bicyclic) bond motifs is 1. The number of likely N-dealkylation sites (tertiary alicyclic amines) is 1. The number of hydrogen-bond acceptors (Lipinski definition) is 7. The van der Waals surface area contributed by atoms with Crippen molar-refractivity contribution in [3.05, 3.63) is 28.5 Å². The molecule has 10 nitrogen and oxygen atoms in total. The van der Waals surface area contributed by atoms with Gasteiger partial charge >= 0.3 is 0 Å². The number of aryl methyl sites for hydroxylation is 1. The number of β-amino-alcohol motifs (C(OH)–C–C–N with tert-alkyl or cyclic N) is 1. The zero-order chi connectivity index (χ0) is 36.8. The first-order valence-electron chi connectivity index (χ1n) is 18.1. The molecule has 7 rings (SSSR count). The largest absolute Gasteiger partial charge is 0.389 e. The minimum absolute atomic E-state index is 0. The number of piperazine rings is 1. The lowest BCUT2D eigenvalue weighted by molar-refractivity contribution is -0.140. The Labute approximate surface area is 326 Å². The number of aromatic nitrogens is 4. The number of methoxy groups -OCH3 is 1. The monoisotopic (exact) mass is 857 g/mol. The van der Waals surface area contributed by atoms with Gasteiger partial charge in [0.25, 0.3) is 0 Å². The second kappa shape index (κ2) is 16.1. The summed E-state index contributed by atoms with van der Waals surface area (Å²) in [5.74, 6) is 1.04. The van der Waals surface area contributed by atoms with Gasteiger partial charge in [-0.15, -0.1) is 0 Å². The average molecular weight is 858 g/mol. The third-order valence-electron chi connectivity index (χ3n) is 10.9. The molecule has 1 amide bonds. The number of carbonyl (C=O) groups excluding carboxylic acids is 1. The first-order chi connectivity index (χ1) is 23.5. The van der Waals surface area contributed by atoms with Crippen LogP contribution in [-0.4, -0.2) is 104 Å². The number of hydrogen-bond donors (Lipinski definition) is 1. The van der Waals surface area contributed by atoms with Crippen LogP contribution in [0.5, 0.6) is 0 Å². The van der Waals surface area contributed by atoms with Crippen molar-refractivity contribution in [2.24, 2.45) is 5.41 Å². The van der Waals surface area contributed by atoms with Gasteiger partial charge in [-0.25, -0.2) is 4.45 Å². The van der Waals surface area contributed by atoms with Gasteiger partial charge in [0.2, 0.25) is 6.41 Å². The molecule has 13 heteroatoms. The molecule has 1 unspecified atom stereocenters. The van der Waals surface area contributed by atoms with Gasteiger partial charge < -0.3 is 19.6 Å². The molecule has 4 fully saturated rings. The zero-order valence-corrected chi connectivity index (χ0v) is 35.7. The van der Waals surface area contributed by atoms with Crippen molar-refractivity contribution in [1.82, 2.24) is 29.1 Å². The Morgan fingerprint density at radius 3 is 2.24 bits per heavy atom. The molecule has 4 heterocycles. The van der Waals surface area contributed by atoms with Gasteiger partial charge in [0.1, 0.15) is 0 Å². The van der Waals surface area contributed by atoms with Crippen molar-refractivity contribution in [2.75, 3.05) is 51.3 Å². The maximum atomic E-state index is 11.3. The summed E-state index contributed by atoms with van der Waals surface area (Å²) in [7, 11) is 1.71. The van der Waals surface area contributed by atoms with Gasteiger partial charge in [-0.1, -0.05) is 32.9 Å². The summed E-state index contributed by atoms with van der Waals surface area (Å²) in [5.41, 5.74) is 5.07. The topological polar surface area (TPSA) is 91.9 Å². The van der Waals surface area contributed by atoms with Gasteiger partial charge in [-0.3, -0.25) is 14.4 Å². The van der Waals surface area contributed by atoms with Crippen LogP contribution in [0.2, 0.25) is 5.02 Å². The number of rotatable bonds is 7. The van der Waals surface area contributed by atoms with Crippen molar-refractivity contribution in [1.29, 1.82) is 0 Å². The minimum atomic E-state index is -0.724. The van der Waals surface area contributed by atoms with Crippen LogP contribution in [0.3, 0.4) is 0 Å². The normalized spacial score (nSPS) is 19.9. The molecule has 0 bridgehead atoms. The van der Waals surface area contributed by atoms with E-state index in [1.54, 1.807) is 7.11 Å². The summed E-state index contributed by atoms with van der Waals surface area (Å²) >= 11 is 9.62. The summed E-state index contributed by atoms with van der Waals surface area (Å²) in [6.45, 7) is 23.2. The van der Waals surface area contributed by atoms with Crippen molar-refractivity contribution in [3.63, 3.8) is 0 Å². The van der Waals surface area contributed by atoms with E-state index in [0.717, 1.165) is 109 Å². The first kappa shape index (κ1) is 42.2. The maximum Gasteiger partial charge on any atom is 0.209 e. The highest BCUT2D eigenvalue weighted by molar-refractivity contribution is 14.2. The van der Waals surface area contributed by atoms with E-state index in [9.17, 15) is 9.90 Å². The zero-order valence-electron chi connectivity index (χ0n) is 31.7. The lowest BCUT2D eigenvalue weighted by atomic mass is 9.61. The number of halogens is 2. The van der Waals surface area contributed by atoms with Crippen LogP contribution < -0.4 is 4.90 Å². The van der Waals surface area contributed by atoms with E-state index in [-0.39, 0.29) is 24.0 Å². The Morgan fingerprint density at radius 2 is 1.73 bits per heavy atom. The minimum Gasteiger partial charge on any atom is -0.389 e. The Balaban J connectivity index is 0.000000590. The van der Waals surface area contributed by atoms with E-state index >= 15 is 0 Å². The van der Waals surface area contributed by atoms with Crippen molar-refractivity contribution < 1.29 is 14.6 Å².